The topological polar surface area (TPSA) is 69.9 Å². The number of rotatable bonds is 7. The van der Waals surface area contributed by atoms with Crippen molar-refractivity contribution < 1.29 is 14.3 Å². The number of para-hydroxylation sites is 1. The molecule has 4 aromatic rings. The second-order valence-electron chi connectivity index (χ2n) is 7.24. The van der Waals surface area contributed by atoms with Crippen LogP contribution in [-0.4, -0.2) is 22.0 Å². The number of carbonyl (C=O) groups is 1. The van der Waals surface area contributed by atoms with Gasteiger partial charge in [0.2, 0.25) is 0 Å². The zero-order valence-electron chi connectivity index (χ0n) is 17.2. The van der Waals surface area contributed by atoms with Crippen LogP contribution in [0.25, 0.3) is 5.65 Å². The van der Waals surface area contributed by atoms with Crippen LogP contribution in [-0.2, 0) is 22.6 Å². The average Bonchev–Trinajstić information content (AvgIpc) is 2.78. The molecule has 2 heterocycles. The van der Waals surface area contributed by atoms with Gasteiger partial charge >= 0.3 is 5.97 Å². The van der Waals surface area contributed by atoms with Gasteiger partial charge in [-0.2, -0.15) is 0 Å². The second-order valence-corrected chi connectivity index (χ2v) is 7.24. The molecule has 156 valence electrons. The fourth-order valence-electron chi connectivity index (χ4n) is 3.27. The van der Waals surface area contributed by atoms with Gasteiger partial charge in [0.05, 0.1) is 5.69 Å². The van der Waals surface area contributed by atoms with Crippen LogP contribution >= 0.6 is 0 Å². The van der Waals surface area contributed by atoms with Crippen molar-refractivity contribution in [3.63, 3.8) is 0 Å². The molecule has 6 nitrogen and oxygen atoms in total. The highest BCUT2D eigenvalue weighted by atomic mass is 16.6. The Hall–Kier alpha value is -3.93. The van der Waals surface area contributed by atoms with E-state index in [1.54, 1.807) is 12.3 Å². The molecule has 0 saturated carbocycles. The largest absolute Gasteiger partial charge is 0.482 e. The van der Waals surface area contributed by atoms with Crippen LogP contribution in [0, 0.1) is 6.92 Å². The first-order valence-electron chi connectivity index (χ1n) is 9.98. The normalized spacial score (nSPS) is 10.7. The van der Waals surface area contributed by atoms with Crippen LogP contribution in [0.15, 0.2) is 83.8 Å². The predicted octanol–water partition coefficient (Wildman–Crippen LogP) is 3.72. The van der Waals surface area contributed by atoms with E-state index in [1.807, 2.05) is 67.6 Å². The lowest BCUT2D eigenvalue weighted by Gasteiger charge is -2.11. The van der Waals surface area contributed by atoms with E-state index in [1.165, 1.54) is 10.5 Å². The summed E-state index contributed by atoms with van der Waals surface area (Å²) in [7, 11) is 0. The van der Waals surface area contributed by atoms with Gasteiger partial charge in [0.1, 0.15) is 18.0 Å². The van der Waals surface area contributed by atoms with Crippen molar-refractivity contribution in [1.29, 1.82) is 0 Å². The van der Waals surface area contributed by atoms with Crippen LogP contribution in [0.5, 0.6) is 5.75 Å². The van der Waals surface area contributed by atoms with Crippen molar-refractivity contribution in [3.8, 4) is 5.75 Å². The van der Waals surface area contributed by atoms with Gasteiger partial charge < -0.3 is 9.47 Å². The van der Waals surface area contributed by atoms with Gasteiger partial charge in [0.25, 0.3) is 5.56 Å². The summed E-state index contributed by atoms with van der Waals surface area (Å²) < 4.78 is 12.4. The summed E-state index contributed by atoms with van der Waals surface area (Å²) in [4.78, 5) is 28.8. The molecule has 0 N–H and O–H groups in total. The standard InChI is InChI=1S/C25H22N2O4/c1-18-11-12-23-26-21(14-24(28)27(23)15-18)16-31-25(29)17-30-22-10-6-5-9-20(22)13-19-7-3-2-4-8-19/h2-12,14-15H,13,16-17H2,1H3. The number of benzene rings is 2. The van der Waals surface area contributed by atoms with Gasteiger partial charge in [-0.25, -0.2) is 9.78 Å². The molecule has 0 bridgehead atoms. The third-order valence-electron chi connectivity index (χ3n) is 4.80. The third-order valence-corrected chi connectivity index (χ3v) is 4.80. The maximum atomic E-state index is 12.3. The molecule has 0 unspecified atom stereocenters. The van der Waals surface area contributed by atoms with Crippen LogP contribution < -0.4 is 10.3 Å². The first-order chi connectivity index (χ1) is 15.1. The lowest BCUT2D eigenvalue weighted by atomic mass is 10.0. The zero-order chi connectivity index (χ0) is 21.6. The number of hydrogen-bond donors (Lipinski definition) is 0. The Morgan fingerprint density at radius 2 is 1.77 bits per heavy atom. The molecule has 2 aromatic heterocycles. The molecule has 0 atom stereocenters. The number of nitrogens with zero attached hydrogens (tertiary/aromatic N) is 2. The summed E-state index contributed by atoms with van der Waals surface area (Å²) in [5.74, 6) is 0.112. The van der Waals surface area contributed by atoms with E-state index in [2.05, 4.69) is 4.98 Å². The van der Waals surface area contributed by atoms with Crippen LogP contribution in [0.3, 0.4) is 0 Å². The first kappa shape index (κ1) is 20.3. The van der Waals surface area contributed by atoms with E-state index in [0.717, 1.165) is 16.7 Å². The molecule has 0 radical (unpaired) electrons. The minimum Gasteiger partial charge on any atom is -0.482 e. The van der Waals surface area contributed by atoms with Gasteiger partial charge in [-0.3, -0.25) is 9.20 Å². The molecule has 0 amide bonds. The fraction of sp³-hybridized carbons (Fsp3) is 0.160. The van der Waals surface area contributed by atoms with Crippen molar-refractivity contribution in [3.05, 3.63) is 112 Å². The number of pyridine rings is 1. The lowest BCUT2D eigenvalue weighted by Crippen LogP contribution is -2.19. The Kier molecular flexibility index (Phi) is 6.08. The minimum absolute atomic E-state index is 0.0898. The summed E-state index contributed by atoms with van der Waals surface area (Å²) in [5, 5.41) is 0. The molecule has 4 rings (SSSR count). The molecular formula is C25H22N2O4. The van der Waals surface area contributed by atoms with E-state index >= 15 is 0 Å². The second kappa shape index (κ2) is 9.26. The highest BCUT2D eigenvalue weighted by Crippen LogP contribution is 2.21. The lowest BCUT2D eigenvalue weighted by molar-refractivity contribution is -0.147. The van der Waals surface area contributed by atoms with Crippen LogP contribution in [0.2, 0.25) is 0 Å². The maximum Gasteiger partial charge on any atom is 0.344 e. The van der Waals surface area contributed by atoms with Gasteiger partial charge in [-0.15, -0.1) is 0 Å². The molecule has 2 aromatic carbocycles. The average molecular weight is 414 g/mol. The first-order valence-corrected chi connectivity index (χ1v) is 9.98. The SMILES string of the molecule is Cc1ccc2nc(COC(=O)COc3ccccc3Cc3ccccc3)cc(=O)n2c1. The van der Waals surface area contributed by atoms with Crippen molar-refractivity contribution in [2.24, 2.45) is 0 Å². The Balaban J connectivity index is 1.37. The fourth-order valence-corrected chi connectivity index (χ4v) is 3.27. The summed E-state index contributed by atoms with van der Waals surface area (Å²) in [6.45, 7) is 1.59. The quantitative estimate of drug-likeness (QED) is 0.431. The van der Waals surface area contributed by atoms with Gasteiger partial charge in [0.15, 0.2) is 6.61 Å². The Morgan fingerprint density at radius 3 is 2.61 bits per heavy atom. The summed E-state index contributed by atoms with van der Waals surface area (Å²) in [6, 6.07) is 22.7. The van der Waals surface area contributed by atoms with Gasteiger partial charge in [-0.05, 0) is 35.7 Å². The van der Waals surface area contributed by atoms with Crippen molar-refractivity contribution in [2.45, 2.75) is 20.0 Å². The highest BCUT2D eigenvalue weighted by molar-refractivity contribution is 5.71. The van der Waals surface area contributed by atoms with Crippen LogP contribution in [0.1, 0.15) is 22.4 Å². The maximum absolute atomic E-state index is 12.3. The number of fused-ring (bicyclic) bond motifs is 1. The smallest absolute Gasteiger partial charge is 0.344 e. The Bertz CT molecular complexity index is 1270. The zero-order valence-corrected chi connectivity index (χ0v) is 17.2. The monoisotopic (exact) mass is 414 g/mol. The number of aryl methyl sites for hydroxylation is 1. The summed E-state index contributed by atoms with van der Waals surface area (Å²) in [6.07, 6.45) is 2.43. The van der Waals surface area contributed by atoms with E-state index < -0.39 is 5.97 Å². The number of esters is 1. The summed E-state index contributed by atoms with van der Waals surface area (Å²) in [5.41, 5.74) is 3.79. The van der Waals surface area contributed by atoms with Gasteiger partial charge in [-0.1, -0.05) is 54.6 Å². The number of hydrogen-bond acceptors (Lipinski definition) is 5. The van der Waals surface area contributed by atoms with E-state index in [-0.39, 0.29) is 18.8 Å². The molecular weight excluding hydrogens is 392 g/mol. The van der Waals surface area contributed by atoms with E-state index in [9.17, 15) is 9.59 Å². The van der Waals surface area contributed by atoms with E-state index in [4.69, 9.17) is 9.47 Å². The molecule has 0 aliphatic carbocycles. The number of aromatic nitrogens is 2. The van der Waals surface area contributed by atoms with Crippen molar-refractivity contribution >= 4 is 11.6 Å². The number of carbonyl (C=O) groups excluding carboxylic acids is 1. The molecule has 0 spiro atoms. The predicted molar refractivity (Wildman–Crippen MR) is 117 cm³/mol. The molecule has 0 aliphatic heterocycles. The molecule has 31 heavy (non-hydrogen) atoms. The molecule has 0 aliphatic rings. The Labute approximate surface area is 179 Å². The minimum atomic E-state index is -0.527. The number of ether oxygens (including phenoxy) is 2. The van der Waals surface area contributed by atoms with E-state index in [0.29, 0.717) is 23.5 Å². The van der Waals surface area contributed by atoms with Crippen molar-refractivity contribution in [1.82, 2.24) is 9.38 Å². The summed E-state index contributed by atoms with van der Waals surface area (Å²) >= 11 is 0. The van der Waals surface area contributed by atoms with Crippen molar-refractivity contribution in [2.75, 3.05) is 6.61 Å². The molecule has 0 saturated heterocycles. The third kappa shape index (κ3) is 5.17. The Morgan fingerprint density at radius 1 is 1.00 bits per heavy atom. The van der Waals surface area contributed by atoms with Gasteiger partial charge in [0, 0.05) is 18.7 Å². The van der Waals surface area contributed by atoms with Crippen LogP contribution in [0.4, 0.5) is 0 Å². The highest BCUT2D eigenvalue weighted by Gasteiger charge is 2.10. The molecule has 6 heteroatoms. The molecule has 0 fully saturated rings.